The van der Waals surface area contributed by atoms with Crippen LogP contribution in [0.3, 0.4) is 0 Å². The van der Waals surface area contributed by atoms with Crippen molar-refractivity contribution in [2.24, 2.45) is 11.8 Å². The summed E-state index contributed by atoms with van der Waals surface area (Å²) in [6.07, 6.45) is 2.65. The summed E-state index contributed by atoms with van der Waals surface area (Å²) in [6, 6.07) is 0.794. The molecule has 0 amide bonds. The summed E-state index contributed by atoms with van der Waals surface area (Å²) in [5.74, 6) is 1.59. The van der Waals surface area contributed by atoms with E-state index in [4.69, 9.17) is 0 Å². The molecule has 0 saturated carbocycles. The molecule has 2 atom stereocenters. The van der Waals surface area contributed by atoms with E-state index in [-0.39, 0.29) is 0 Å². The van der Waals surface area contributed by atoms with Crippen molar-refractivity contribution < 1.29 is 0 Å². The standard InChI is InChI=1S/C13H28N2/c1-5-7-8-15(6-2)13-11(3)9-14-10-12(13)4/h11-14H,5-10H2,1-4H3. The third-order valence-corrected chi connectivity index (χ3v) is 3.73. The van der Waals surface area contributed by atoms with E-state index in [1.807, 2.05) is 0 Å². The van der Waals surface area contributed by atoms with Gasteiger partial charge in [-0.05, 0) is 44.4 Å². The van der Waals surface area contributed by atoms with Gasteiger partial charge in [0.1, 0.15) is 0 Å². The van der Waals surface area contributed by atoms with Crippen LogP contribution in [0.4, 0.5) is 0 Å². The first kappa shape index (κ1) is 13.0. The third kappa shape index (κ3) is 3.46. The first-order valence-electron chi connectivity index (χ1n) is 6.65. The van der Waals surface area contributed by atoms with Crippen molar-refractivity contribution in [2.45, 2.75) is 46.6 Å². The summed E-state index contributed by atoms with van der Waals surface area (Å²) in [7, 11) is 0. The minimum absolute atomic E-state index is 0.794. The highest BCUT2D eigenvalue weighted by Gasteiger charge is 2.31. The molecule has 1 aliphatic heterocycles. The largest absolute Gasteiger partial charge is 0.316 e. The zero-order valence-electron chi connectivity index (χ0n) is 10.9. The molecule has 0 aliphatic carbocycles. The van der Waals surface area contributed by atoms with Crippen LogP contribution in [0.15, 0.2) is 0 Å². The van der Waals surface area contributed by atoms with Gasteiger partial charge in [0.2, 0.25) is 0 Å². The van der Waals surface area contributed by atoms with Crippen LogP contribution in [0.2, 0.25) is 0 Å². The number of nitrogens with zero attached hydrogens (tertiary/aromatic N) is 1. The van der Waals surface area contributed by atoms with Gasteiger partial charge in [-0.1, -0.05) is 34.1 Å². The lowest BCUT2D eigenvalue weighted by Crippen LogP contribution is -2.53. The molecule has 1 heterocycles. The molecule has 1 fully saturated rings. The summed E-state index contributed by atoms with van der Waals surface area (Å²) >= 11 is 0. The molecule has 1 N–H and O–H groups in total. The molecule has 2 unspecified atom stereocenters. The van der Waals surface area contributed by atoms with Gasteiger partial charge in [-0.2, -0.15) is 0 Å². The predicted molar refractivity (Wildman–Crippen MR) is 67.1 cm³/mol. The molecular weight excluding hydrogens is 184 g/mol. The Morgan fingerprint density at radius 1 is 1.13 bits per heavy atom. The third-order valence-electron chi connectivity index (χ3n) is 3.73. The van der Waals surface area contributed by atoms with Gasteiger partial charge in [-0.25, -0.2) is 0 Å². The molecule has 0 aromatic rings. The fourth-order valence-corrected chi connectivity index (χ4v) is 2.94. The number of piperidine rings is 1. The minimum Gasteiger partial charge on any atom is -0.316 e. The van der Waals surface area contributed by atoms with E-state index in [0.29, 0.717) is 0 Å². The molecule has 0 aromatic carbocycles. The summed E-state index contributed by atoms with van der Waals surface area (Å²) in [6.45, 7) is 14.2. The number of rotatable bonds is 5. The molecule has 0 bridgehead atoms. The molecule has 1 aliphatic rings. The SMILES string of the molecule is CCCCN(CC)C1C(C)CNCC1C. The van der Waals surface area contributed by atoms with Crippen molar-refractivity contribution in [1.29, 1.82) is 0 Å². The molecule has 2 nitrogen and oxygen atoms in total. The zero-order valence-corrected chi connectivity index (χ0v) is 10.9. The maximum absolute atomic E-state index is 3.52. The second-order valence-electron chi connectivity index (χ2n) is 5.09. The van der Waals surface area contributed by atoms with E-state index in [0.717, 1.165) is 17.9 Å². The first-order chi connectivity index (χ1) is 7.20. The van der Waals surface area contributed by atoms with E-state index in [1.165, 1.54) is 39.0 Å². The number of unbranched alkanes of at least 4 members (excludes halogenated alkanes) is 1. The summed E-state index contributed by atoms with van der Waals surface area (Å²) in [5.41, 5.74) is 0. The van der Waals surface area contributed by atoms with Gasteiger partial charge in [-0.3, -0.25) is 0 Å². The van der Waals surface area contributed by atoms with Crippen LogP contribution >= 0.6 is 0 Å². The van der Waals surface area contributed by atoms with Gasteiger partial charge < -0.3 is 10.2 Å². The molecule has 0 spiro atoms. The average molecular weight is 212 g/mol. The molecule has 0 aromatic heterocycles. The maximum Gasteiger partial charge on any atom is 0.0171 e. The van der Waals surface area contributed by atoms with Crippen LogP contribution in [0.5, 0.6) is 0 Å². The topological polar surface area (TPSA) is 15.3 Å². The molecule has 2 heteroatoms. The highest BCUT2D eigenvalue weighted by molar-refractivity contribution is 4.87. The van der Waals surface area contributed by atoms with E-state index in [2.05, 4.69) is 37.9 Å². The van der Waals surface area contributed by atoms with Crippen molar-refractivity contribution >= 4 is 0 Å². The van der Waals surface area contributed by atoms with Crippen molar-refractivity contribution in [2.75, 3.05) is 26.2 Å². The van der Waals surface area contributed by atoms with Gasteiger partial charge in [0, 0.05) is 6.04 Å². The maximum atomic E-state index is 3.52. The normalized spacial score (nSPS) is 32.2. The molecule has 90 valence electrons. The number of nitrogens with one attached hydrogen (secondary N) is 1. The van der Waals surface area contributed by atoms with Gasteiger partial charge >= 0.3 is 0 Å². The molecule has 0 radical (unpaired) electrons. The molecule has 1 rings (SSSR count). The minimum atomic E-state index is 0.794. The lowest BCUT2D eigenvalue weighted by atomic mass is 9.85. The second-order valence-corrected chi connectivity index (χ2v) is 5.09. The van der Waals surface area contributed by atoms with E-state index >= 15 is 0 Å². The van der Waals surface area contributed by atoms with Gasteiger partial charge in [0.15, 0.2) is 0 Å². The lowest BCUT2D eigenvalue weighted by Gasteiger charge is -2.42. The van der Waals surface area contributed by atoms with E-state index < -0.39 is 0 Å². The Bertz CT molecular complexity index is 160. The Hall–Kier alpha value is -0.0800. The van der Waals surface area contributed by atoms with Crippen LogP contribution in [-0.4, -0.2) is 37.1 Å². The first-order valence-corrected chi connectivity index (χ1v) is 6.65. The predicted octanol–water partition coefficient (Wildman–Crippen LogP) is 2.35. The molecular formula is C13H28N2. The second kappa shape index (κ2) is 6.49. The van der Waals surface area contributed by atoms with Crippen molar-refractivity contribution in [3.05, 3.63) is 0 Å². The molecule has 15 heavy (non-hydrogen) atoms. The van der Waals surface area contributed by atoms with E-state index in [9.17, 15) is 0 Å². The highest BCUT2D eigenvalue weighted by Crippen LogP contribution is 2.22. The fourth-order valence-electron chi connectivity index (χ4n) is 2.94. The van der Waals surface area contributed by atoms with Gasteiger partial charge in [0.25, 0.3) is 0 Å². The van der Waals surface area contributed by atoms with Crippen LogP contribution in [0, 0.1) is 11.8 Å². The Labute approximate surface area is 95.4 Å². The Morgan fingerprint density at radius 2 is 1.73 bits per heavy atom. The van der Waals surface area contributed by atoms with Crippen molar-refractivity contribution in [3.8, 4) is 0 Å². The Kier molecular flexibility index (Phi) is 5.62. The van der Waals surface area contributed by atoms with Gasteiger partial charge in [-0.15, -0.1) is 0 Å². The highest BCUT2D eigenvalue weighted by atomic mass is 15.2. The quantitative estimate of drug-likeness (QED) is 0.752. The van der Waals surface area contributed by atoms with Crippen LogP contribution in [0.1, 0.15) is 40.5 Å². The van der Waals surface area contributed by atoms with Crippen molar-refractivity contribution in [1.82, 2.24) is 10.2 Å². The van der Waals surface area contributed by atoms with Crippen LogP contribution in [-0.2, 0) is 0 Å². The van der Waals surface area contributed by atoms with Gasteiger partial charge in [0.05, 0.1) is 0 Å². The zero-order chi connectivity index (χ0) is 11.3. The van der Waals surface area contributed by atoms with E-state index in [1.54, 1.807) is 0 Å². The monoisotopic (exact) mass is 212 g/mol. The Morgan fingerprint density at radius 3 is 2.20 bits per heavy atom. The lowest BCUT2D eigenvalue weighted by molar-refractivity contribution is 0.0823. The fraction of sp³-hybridized carbons (Fsp3) is 1.00. The number of hydrogen-bond donors (Lipinski definition) is 1. The summed E-state index contributed by atoms with van der Waals surface area (Å²) < 4.78 is 0. The summed E-state index contributed by atoms with van der Waals surface area (Å²) in [5, 5.41) is 3.52. The average Bonchev–Trinajstić information content (AvgIpc) is 2.22. The van der Waals surface area contributed by atoms with Crippen molar-refractivity contribution in [3.63, 3.8) is 0 Å². The molecule has 1 saturated heterocycles. The Balaban J connectivity index is 2.54. The van der Waals surface area contributed by atoms with Crippen LogP contribution < -0.4 is 5.32 Å². The smallest absolute Gasteiger partial charge is 0.0171 e. The van der Waals surface area contributed by atoms with Crippen LogP contribution in [0.25, 0.3) is 0 Å². The summed E-state index contributed by atoms with van der Waals surface area (Å²) in [4.78, 5) is 2.69. The number of hydrogen-bond acceptors (Lipinski definition) is 2.